The van der Waals surface area contributed by atoms with Gasteiger partial charge in [0.2, 0.25) is 0 Å². The highest BCUT2D eigenvalue weighted by molar-refractivity contribution is 5.98. The van der Waals surface area contributed by atoms with Crippen LogP contribution in [0.25, 0.3) is 22.0 Å². The smallest absolute Gasteiger partial charge is 0.337 e. The van der Waals surface area contributed by atoms with Gasteiger partial charge in [0.1, 0.15) is 36.7 Å². The van der Waals surface area contributed by atoms with Gasteiger partial charge in [-0.25, -0.2) is 18.1 Å². The van der Waals surface area contributed by atoms with Crippen LogP contribution in [0.2, 0.25) is 0 Å². The molecule has 2 N–H and O–H groups in total. The maximum absolute atomic E-state index is 15.8. The van der Waals surface area contributed by atoms with Gasteiger partial charge in [0.05, 0.1) is 5.52 Å². The maximum atomic E-state index is 15.8. The number of carboxylic acid groups (broad SMARTS) is 1. The lowest BCUT2D eigenvalue weighted by Crippen LogP contribution is -2.57. The summed E-state index contributed by atoms with van der Waals surface area (Å²) in [5.41, 5.74) is 2.50. The number of carbonyl (C=O) groups is 3. The standard InChI is InChI=1S/C33H33F2N5O5/c1-16-10-24(36-31(43)20-7-6-8-38(4)32(20)44)33(45)40(15-26(16)40)25(13-27(41)42)21-11-19(12-23(34)29(21)35)28-17(2)9-18(3)30-22(28)14-39(5)37-30/h6-9,11-12,14,16,24-26H,10,13,15H2,1-5H3,(H-,36,41,42,43)/p+1/t16?,24-,25-,26?,40?/m0/s1. The quantitative estimate of drug-likeness (QED) is 0.239. The lowest BCUT2D eigenvalue weighted by molar-refractivity contribution is -0.777. The molecule has 3 unspecified atom stereocenters. The summed E-state index contributed by atoms with van der Waals surface area (Å²) < 4.78 is 33.8. The number of quaternary nitrogens is 1. The number of hydrogen-bond acceptors (Lipinski definition) is 5. The van der Waals surface area contributed by atoms with Gasteiger partial charge in [-0.05, 0) is 66.8 Å². The van der Waals surface area contributed by atoms with Gasteiger partial charge in [0.15, 0.2) is 11.6 Å². The highest BCUT2D eigenvalue weighted by Crippen LogP contribution is 2.53. The molecule has 2 aromatic heterocycles. The minimum absolute atomic E-state index is 0.141. The number of pyridine rings is 1. The molecule has 0 saturated carbocycles. The van der Waals surface area contributed by atoms with Crippen molar-refractivity contribution in [1.29, 1.82) is 0 Å². The average Bonchev–Trinajstić information content (AvgIpc) is 3.62. The van der Waals surface area contributed by atoms with Crippen molar-refractivity contribution >= 4 is 28.7 Å². The lowest BCUT2D eigenvalue weighted by Gasteiger charge is -2.36. The van der Waals surface area contributed by atoms with Crippen molar-refractivity contribution in [2.45, 2.75) is 51.7 Å². The van der Waals surface area contributed by atoms with Gasteiger partial charge in [-0.2, -0.15) is 5.10 Å². The Kier molecular flexibility index (Phi) is 7.23. The Balaban J connectivity index is 1.45. The van der Waals surface area contributed by atoms with Crippen LogP contribution in [0.5, 0.6) is 0 Å². The predicted molar refractivity (Wildman–Crippen MR) is 161 cm³/mol. The summed E-state index contributed by atoms with van der Waals surface area (Å²) in [7, 11) is 3.27. The van der Waals surface area contributed by atoms with E-state index < -0.39 is 58.0 Å². The molecule has 0 radical (unpaired) electrons. The van der Waals surface area contributed by atoms with E-state index in [0.717, 1.165) is 22.6 Å². The monoisotopic (exact) mass is 618 g/mol. The summed E-state index contributed by atoms with van der Waals surface area (Å²) in [4.78, 5) is 52.2. The number of aryl methyl sites for hydroxylation is 4. The van der Waals surface area contributed by atoms with Crippen LogP contribution in [0.3, 0.4) is 0 Å². The zero-order valence-electron chi connectivity index (χ0n) is 25.6. The van der Waals surface area contributed by atoms with Crippen LogP contribution in [0.1, 0.15) is 52.9 Å². The molecule has 5 atom stereocenters. The summed E-state index contributed by atoms with van der Waals surface area (Å²) in [5.74, 6) is -5.03. The topological polar surface area (TPSA) is 123 Å². The summed E-state index contributed by atoms with van der Waals surface area (Å²) in [6, 6.07) is 4.70. The van der Waals surface area contributed by atoms with Gasteiger partial charge in [-0.3, -0.25) is 19.1 Å². The number of piperidine rings is 1. The molecule has 2 aliphatic rings. The third kappa shape index (κ3) is 4.84. The van der Waals surface area contributed by atoms with Crippen LogP contribution in [-0.4, -0.2) is 60.3 Å². The van der Waals surface area contributed by atoms with Crippen molar-refractivity contribution < 1.29 is 32.8 Å². The number of amides is 2. The van der Waals surface area contributed by atoms with Crippen LogP contribution < -0.4 is 10.9 Å². The van der Waals surface area contributed by atoms with Gasteiger partial charge in [-0.1, -0.05) is 13.0 Å². The molecule has 2 saturated heterocycles. The van der Waals surface area contributed by atoms with Gasteiger partial charge < -0.3 is 15.0 Å². The van der Waals surface area contributed by atoms with E-state index in [4.69, 9.17) is 0 Å². The van der Waals surface area contributed by atoms with Gasteiger partial charge in [0.25, 0.3) is 11.5 Å². The van der Waals surface area contributed by atoms with E-state index in [0.29, 0.717) is 16.6 Å². The molecule has 4 aromatic rings. The Bertz CT molecular complexity index is 1980. The molecule has 234 valence electrons. The summed E-state index contributed by atoms with van der Waals surface area (Å²) in [6.07, 6.45) is 2.93. The van der Waals surface area contributed by atoms with Gasteiger partial charge >= 0.3 is 11.9 Å². The summed E-state index contributed by atoms with van der Waals surface area (Å²) in [5, 5.41) is 17.9. The molecule has 6 rings (SSSR count). The number of rotatable bonds is 7. The van der Waals surface area contributed by atoms with Crippen molar-refractivity contribution in [1.82, 2.24) is 19.7 Å². The number of nitrogens with zero attached hydrogens (tertiary/aromatic N) is 4. The van der Waals surface area contributed by atoms with Crippen molar-refractivity contribution in [3.8, 4) is 11.1 Å². The third-order valence-corrected chi connectivity index (χ3v) is 9.52. The third-order valence-electron chi connectivity index (χ3n) is 9.52. The minimum Gasteiger partial charge on any atom is -0.481 e. The second-order valence-electron chi connectivity index (χ2n) is 12.5. The number of carbonyl (C=O) groups excluding carboxylic acids is 2. The van der Waals surface area contributed by atoms with Crippen molar-refractivity contribution in [2.75, 3.05) is 6.54 Å². The van der Waals surface area contributed by atoms with Gasteiger partial charge in [0, 0.05) is 43.4 Å². The highest BCUT2D eigenvalue weighted by atomic mass is 19.2. The Labute approximate surface area is 257 Å². The van der Waals surface area contributed by atoms with Crippen LogP contribution in [0, 0.1) is 31.4 Å². The second-order valence-corrected chi connectivity index (χ2v) is 12.5. The largest absolute Gasteiger partial charge is 0.481 e. The first-order valence-corrected chi connectivity index (χ1v) is 14.8. The summed E-state index contributed by atoms with van der Waals surface area (Å²) >= 11 is 0. The van der Waals surface area contributed by atoms with E-state index in [2.05, 4.69) is 10.4 Å². The van der Waals surface area contributed by atoms with E-state index in [1.54, 1.807) is 24.0 Å². The fraction of sp³-hybridized carbons (Fsp3) is 0.364. The van der Waals surface area contributed by atoms with Crippen LogP contribution in [0.4, 0.5) is 8.78 Å². The van der Waals surface area contributed by atoms with Crippen molar-refractivity contribution in [2.24, 2.45) is 20.0 Å². The number of carboxylic acids is 1. The molecular formula is C33H34F2N5O5+. The molecule has 4 heterocycles. The molecular weight excluding hydrogens is 584 g/mol. The predicted octanol–water partition coefficient (Wildman–Crippen LogP) is 3.91. The van der Waals surface area contributed by atoms with Crippen LogP contribution >= 0.6 is 0 Å². The first-order valence-electron chi connectivity index (χ1n) is 14.8. The van der Waals surface area contributed by atoms with E-state index in [-0.39, 0.29) is 36.1 Å². The number of benzene rings is 2. The fourth-order valence-corrected chi connectivity index (χ4v) is 7.42. The molecule has 10 nitrogen and oxygen atoms in total. The number of halogens is 2. The number of aliphatic carboxylic acids is 1. The van der Waals surface area contributed by atoms with Crippen LogP contribution in [0.15, 0.2) is 47.5 Å². The Morgan fingerprint density at radius 2 is 1.89 bits per heavy atom. The average molecular weight is 619 g/mol. The van der Waals surface area contributed by atoms with Crippen LogP contribution in [-0.2, 0) is 23.7 Å². The lowest BCUT2D eigenvalue weighted by atomic mass is 9.88. The first kappa shape index (κ1) is 30.3. The molecule has 2 aromatic carbocycles. The minimum atomic E-state index is -1.27. The summed E-state index contributed by atoms with van der Waals surface area (Å²) in [6.45, 7) is 5.88. The molecule has 2 fully saturated rings. The SMILES string of the molecule is Cc1cc(C)c2nn(C)cc2c1-c1cc(F)c(F)c([C@H](CC(=O)O)[N+]23CC2C(C)C[C@H](NC(=O)c2cccn(C)c2=O)C3=O)c1. The molecule has 0 spiro atoms. The number of aromatic nitrogens is 3. The Morgan fingerprint density at radius 1 is 1.16 bits per heavy atom. The molecule has 2 aliphatic heterocycles. The number of nitrogens with one attached hydrogen (secondary N) is 1. The molecule has 0 aliphatic carbocycles. The molecule has 0 bridgehead atoms. The highest BCUT2D eigenvalue weighted by Gasteiger charge is 2.72. The van der Waals surface area contributed by atoms with Crippen molar-refractivity contribution in [3.05, 3.63) is 87.0 Å². The first-order chi connectivity index (χ1) is 21.2. The normalized spacial score (nSPS) is 23.1. The van der Waals surface area contributed by atoms with E-state index in [1.807, 2.05) is 26.8 Å². The maximum Gasteiger partial charge on any atom is 0.337 e. The Hall–Kier alpha value is -4.71. The molecule has 45 heavy (non-hydrogen) atoms. The number of fused-ring (bicyclic) bond motifs is 2. The van der Waals surface area contributed by atoms with E-state index in [1.165, 1.54) is 29.9 Å². The zero-order chi connectivity index (χ0) is 32.5. The molecule has 12 heteroatoms. The number of hydrogen-bond donors (Lipinski definition) is 2. The second kappa shape index (κ2) is 10.7. The van der Waals surface area contributed by atoms with Crippen molar-refractivity contribution in [3.63, 3.8) is 0 Å². The molecule has 2 amide bonds. The van der Waals surface area contributed by atoms with E-state index in [9.17, 15) is 24.3 Å². The van der Waals surface area contributed by atoms with Gasteiger partial charge in [-0.15, -0.1) is 0 Å². The Morgan fingerprint density at radius 3 is 2.60 bits per heavy atom. The zero-order valence-corrected chi connectivity index (χ0v) is 25.6. The van der Waals surface area contributed by atoms with E-state index >= 15 is 8.78 Å². The fourth-order valence-electron chi connectivity index (χ4n) is 7.42.